The molecule has 2 heterocycles. The van der Waals surface area contributed by atoms with E-state index in [9.17, 15) is 8.42 Å². The number of ether oxygens (including phenoxy) is 2. The minimum Gasteiger partial charge on any atom is -0.493 e. The molecule has 1 aromatic heterocycles. The second-order valence-corrected chi connectivity index (χ2v) is 8.76. The summed E-state index contributed by atoms with van der Waals surface area (Å²) < 4.78 is 34.0. The summed E-state index contributed by atoms with van der Waals surface area (Å²) in [5.74, 6) is 1.27. The smallest absolute Gasteiger partial charge is 0.238 e. The lowest BCUT2D eigenvalue weighted by atomic mass is 9.98. The number of nitrogens with two attached hydrogens (primary N) is 1. The Hall–Kier alpha value is -3.10. The van der Waals surface area contributed by atoms with Gasteiger partial charge >= 0.3 is 0 Å². The van der Waals surface area contributed by atoms with E-state index in [0.29, 0.717) is 18.0 Å². The van der Waals surface area contributed by atoms with Crippen LogP contribution in [0.4, 0.5) is 5.69 Å². The normalized spacial score (nSPS) is 13.7. The van der Waals surface area contributed by atoms with Crippen molar-refractivity contribution in [1.82, 2.24) is 4.98 Å². The van der Waals surface area contributed by atoms with Crippen LogP contribution in [0.1, 0.15) is 18.1 Å². The first-order valence-corrected chi connectivity index (χ1v) is 10.9. The summed E-state index contributed by atoms with van der Waals surface area (Å²) in [7, 11) is -0.492. The largest absolute Gasteiger partial charge is 0.493 e. The third kappa shape index (κ3) is 3.59. The van der Waals surface area contributed by atoms with E-state index in [1.165, 1.54) is 12.1 Å². The molecule has 4 rings (SSSR count). The van der Waals surface area contributed by atoms with Crippen LogP contribution in [0.25, 0.3) is 16.5 Å². The maximum Gasteiger partial charge on any atom is 0.238 e. The lowest BCUT2D eigenvalue weighted by molar-refractivity contribution is 0.356. The van der Waals surface area contributed by atoms with Gasteiger partial charge in [-0.05, 0) is 36.3 Å². The number of rotatable bonds is 5. The monoisotopic (exact) mass is 425 g/mol. The Morgan fingerprint density at radius 1 is 1.10 bits per heavy atom. The van der Waals surface area contributed by atoms with Crippen molar-refractivity contribution in [1.29, 1.82) is 0 Å². The standard InChI is InChI=1S/C22H23N3O4S/c1-14-8-9-25(13-15-4-6-16(7-5-15)30(23,26)27)22-17-10-20(28-2)21(29-3)11-19(17)24-12-18(14)22/h4-8,10-12H,9,13H2,1-3H3,(H2,23,26,27). The van der Waals surface area contributed by atoms with Gasteiger partial charge in [-0.1, -0.05) is 18.2 Å². The van der Waals surface area contributed by atoms with Crippen LogP contribution >= 0.6 is 0 Å². The number of nitrogens with zero attached hydrogens (tertiary/aromatic N) is 2. The Kier molecular flexibility index (Phi) is 5.13. The summed E-state index contributed by atoms with van der Waals surface area (Å²) in [6.45, 7) is 3.41. The zero-order valence-electron chi connectivity index (χ0n) is 17.0. The van der Waals surface area contributed by atoms with Crippen molar-refractivity contribution in [3.63, 3.8) is 0 Å². The molecule has 0 unspecified atom stereocenters. The molecule has 0 amide bonds. The summed E-state index contributed by atoms with van der Waals surface area (Å²) in [6.07, 6.45) is 4.04. The minimum atomic E-state index is -3.71. The topological polar surface area (TPSA) is 94.8 Å². The molecule has 7 nitrogen and oxygen atoms in total. The third-order valence-corrected chi connectivity index (χ3v) is 6.26. The van der Waals surface area contributed by atoms with Crippen LogP contribution in [-0.4, -0.2) is 34.2 Å². The van der Waals surface area contributed by atoms with Gasteiger partial charge < -0.3 is 14.4 Å². The van der Waals surface area contributed by atoms with Crippen molar-refractivity contribution in [2.75, 3.05) is 25.7 Å². The quantitative estimate of drug-likeness (QED) is 0.674. The fourth-order valence-electron chi connectivity index (χ4n) is 3.73. The minimum absolute atomic E-state index is 0.104. The van der Waals surface area contributed by atoms with Crippen LogP contribution in [0.15, 0.2) is 53.6 Å². The molecule has 1 aliphatic rings. The van der Waals surface area contributed by atoms with Crippen LogP contribution < -0.4 is 19.5 Å². The first-order chi connectivity index (χ1) is 14.3. The van der Waals surface area contributed by atoms with Crippen LogP contribution in [0, 0.1) is 0 Å². The number of methoxy groups -OCH3 is 2. The number of pyridine rings is 1. The number of primary sulfonamides is 1. The third-order valence-electron chi connectivity index (χ3n) is 5.33. The first kappa shape index (κ1) is 20.2. The number of allylic oxidation sites excluding steroid dienone is 1. The van der Waals surface area contributed by atoms with E-state index in [4.69, 9.17) is 14.6 Å². The Morgan fingerprint density at radius 2 is 1.77 bits per heavy atom. The van der Waals surface area contributed by atoms with Gasteiger partial charge in [0.1, 0.15) is 0 Å². The number of fused-ring (bicyclic) bond motifs is 3. The predicted molar refractivity (Wildman–Crippen MR) is 117 cm³/mol. The molecule has 2 aromatic carbocycles. The number of anilines is 1. The van der Waals surface area contributed by atoms with Gasteiger partial charge in [-0.25, -0.2) is 13.6 Å². The van der Waals surface area contributed by atoms with Crippen LogP contribution in [0.2, 0.25) is 0 Å². The number of hydrogen-bond acceptors (Lipinski definition) is 6. The van der Waals surface area contributed by atoms with Crippen molar-refractivity contribution in [3.05, 3.63) is 59.8 Å². The molecule has 2 N–H and O–H groups in total. The van der Waals surface area contributed by atoms with Gasteiger partial charge in [0.2, 0.25) is 10.0 Å². The van der Waals surface area contributed by atoms with E-state index in [1.807, 2.05) is 18.3 Å². The van der Waals surface area contributed by atoms with Gasteiger partial charge in [-0.3, -0.25) is 4.98 Å². The van der Waals surface area contributed by atoms with Gasteiger partial charge in [0, 0.05) is 36.3 Å². The number of hydrogen-bond donors (Lipinski definition) is 1. The van der Waals surface area contributed by atoms with E-state index in [1.54, 1.807) is 26.4 Å². The second kappa shape index (κ2) is 7.62. The molecule has 0 aliphatic carbocycles. The van der Waals surface area contributed by atoms with Crippen LogP contribution in [0.3, 0.4) is 0 Å². The molecule has 0 bridgehead atoms. The molecule has 0 fully saturated rings. The molecule has 0 atom stereocenters. The van der Waals surface area contributed by atoms with Crippen molar-refractivity contribution in [3.8, 4) is 11.5 Å². The van der Waals surface area contributed by atoms with E-state index in [2.05, 4.69) is 22.9 Å². The van der Waals surface area contributed by atoms with Crippen molar-refractivity contribution >= 4 is 32.2 Å². The molecule has 0 saturated heterocycles. The average molecular weight is 426 g/mol. The maximum atomic E-state index is 11.5. The Labute approximate surface area is 175 Å². The molecule has 0 spiro atoms. The maximum absolute atomic E-state index is 11.5. The number of sulfonamides is 1. The SMILES string of the molecule is COc1cc2ncc3c(c2cc1OC)N(Cc1ccc(S(N)(=O)=O)cc1)CC=C3C. The van der Waals surface area contributed by atoms with Gasteiger partial charge in [-0.15, -0.1) is 0 Å². The van der Waals surface area contributed by atoms with Crippen molar-refractivity contribution in [2.45, 2.75) is 18.4 Å². The highest BCUT2D eigenvalue weighted by Gasteiger charge is 2.22. The van der Waals surface area contributed by atoms with Gasteiger partial charge in [0.15, 0.2) is 11.5 Å². The molecule has 0 radical (unpaired) electrons. The summed E-state index contributed by atoms with van der Waals surface area (Å²) in [5, 5.41) is 6.18. The van der Waals surface area contributed by atoms with E-state index in [0.717, 1.165) is 39.8 Å². The van der Waals surface area contributed by atoms with Gasteiger partial charge in [0.05, 0.1) is 30.3 Å². The highest BCUT2D eigenvalue weighted by Crippen LogP contribution is 2.41. The number of benzene rings is 2. The summed E-state index contributed by atoms with van der Waals surface area (Å²) in [6, 6.07) is 10.5. The molecular formula is C22H23N3O4S. The van der Waals surface area contributed by atoms with Gasteiger partial charge in [0.25, 0.3) is 0 Å². The molecule has 8 heteroatoms. The molecular weight excluding hydrogens is 402 g/mol. The van der Waals surface area contributed by atoms with Crippen LogP contribution in [0.5, 0.6) is 11.5 Å². The van der Waals surface area contributed by atoms with E-state index in [-0.39, 0.29) is 4.90 Å². The van der Waals surface area contributed by atoms with E-state index < -0.39 is 10.0 Å². The molecule has 156 valence electrons. The first-order valence-electron chi connectivity index (χ1n) is 9.40. The molecule has 0 saturated carbocycles. The van der Waals surface area contributed by atoms with Gasteiger partial charge in [-0.2, -0.15) is 0 Å². The predicted octanol–water partition coefficient (Wildman–Crippen LogP) is 3.32. The van der Waals surface area contributed by atoms with Crippen LogP contribution in [-0.2, 0) is 16.6 Å². The summed E-state index contributed by atoms with van der Waals surface area (Å²) in [5.41, 5.74) is 5.08. The lowest BCUT2D eigenvalue weighted by Gasteiger charge is -2.31. The molecule has 3 aromatic rings. The Bertz CT molecular complexity index is 1250. The Morgan fingerprint density at radius 3 is 2.40 bits per heavy atom. The zero-order chi connectivity index (χ0) is 21.5. The van der Waals surface area contributed by atoms with Crippen molar-refractivity contribution < 1.29 is 17.9 Å². The molecule has 30 heavy (non-hydrogen) atoms. The average Bonchev–Trinajstić information content (AvgIpc) is 2.74. The fraction of sp³-hybridized carbons (Fsp3) is 0.227. The Balaban J connectivity index is 1.80. The second-order valence-electron chi connectivity index (χ2n) is 7.20. The number of aromatic nitrogens is 1. The zero-order valence-corrected chi connectivity index (χ0v) is 17.9. The summed E-state index contributed by atoms with van der Waals surface area (Å²) in [4.78, 5) is 6.97. The lowest BCUT2D eigenvalue weighted by Crippen LogP contribution is -2.27. The highest BCUT2D eigenvalue weighted by atomic mass is 32.2. The molecule has 1 aliphatic heterocycles. The fourth-order valence-corrected chi connectivity index (χ4v) is 4.25. The summed E-state index contributed by atoms with van der Waals surface area (Å²) >= 11 is 0. The van der Waals surface area contributed by atoms with Crippen molar-refractivity contribution in [2.24, 2.45) is 5.14 Å². The van der Waals surface area contributed by atoms with E-state index >= 15 is 0 Å². The highest BCUT2D eigenvalue weighted by molar-refractivity contribution is 7.89.